The molecule has 14 heteroatoms. The van der Waals surface area contributed by atoms with Crippen LogP contribution >= 0.6 is 44.2 Å². The van der Waals surface area contributed by atoms with Gasteiger partial charge in [-0.2, -0.15) is 0 Å². The first-order valence-corrected chi connectivity index (χ1v) is 12.5. The van der Waals surface area contributed by atoms with Gasteiger partial charge in [-0.3, -0.25) is 30.0 Å². The molecule has 0 atom stereocenters. The molecule has 3 saturated heterocycles. The van der Waals surface area contributed by atoms with Crippen molar-refractivity contribution in [3.8, 4) is 0 Å². The number of ether oxygens (including phenoxy) is 3. The van der Waals surface area contributed by atoms with Crippen LogP contribution in [0.1, 0.15) is 0 Å². The molecule has 0 saturated carbocycles. The summed E-state index contributed by atoms with van der Waals surface area (Å²) < 4.78 is 29.6. The lowest BCUT2D eigenvalue weighted by Crippen LogP contribution is -2.41. The second-order valence-corrected chi connectivity index (χ2v) is 9.88. The normalized spacial score (nSPS) is 18.5. The van der Waals surface area contributed by atoms with Crippen LogP contribution in [0, 0.1) is 0 Å². The van der Waals surface area contributed by atoms with Gasteiger partial charge < -0.3 is 14.2 Å². The van der Waals surface area contributed by atoms with Crippen LogP contribution in [0.25, 0.3) is 0 Å². The number of rotatable bonds is 12. The molecule has 3 rings (SSSR count). The summed E-state index contributed by atoms with van der Waals surface area (Å²) in [5, 5.41) is 7.86. The minimum atomic E-state index is -3.62. The zero-order valence-corrected chi connectivity index (χ0v) is 19.5. The number of nitrogens with zero attached hydrogens (tertiary/aromatic N) is 3. The largest absolute Gasteiger partial charge is 0.469 e. The van der Waals surface area contributed by atoms with E-state index in [-0.39, 0.29) is 15.5 Å². The molecule has 0 unspecified atom stereocenters. The molecule has 10 nitrogen and oxygen atoms in total. The van der Waals surface area contributed by atoms with Crippen LogP contribution in [-0.4, -0.2) is 109 Å². The van der Waals surface area contributed by atoms with Gasteiger partial charge in [0.1, 0.15) is 19.8 Å². The van der Waals surface area contributed by atoms with Gasteiger partial charge in [-0.15, -0.1) is 0 Å². The molecule has 0 aromatic heterocycles. The van der Waals surface area contributed by atoms with Gasteiger partial charge in [-0.25, -0.2) is 4.57 Å². The van der Waals surface area contributed by atoms with E-state index >= 15 is 0 Å². The highest BCUT2D eigenvalue weighted by atomic mass is 32.1. The quantitative estimate of drug-likeness (QED) is 0.194. The molecule has 3 aliphatic heterocycles. The van der Waals surface area contributed by atoms with E-state index in [0.29, 0.717) is 19.8 Å². The topological polar surface area (TPSA) is 89.9 Å². The maximum atomic E-state index is 13.3. The highest BCUT2D eigenvalue weighted by Crippen LogP contribution is 2.31. The summed E-state index contributed by atoms with van der Waals surface area (Å²) in [6.45, 7) is 9.91. The van der Waals surface area contributed by atoms with E-state index in [1.54, 1.807) is 0 Å². The summed E-state index contributed by atoms with van der Waals surface area (Å²) in [6, 6.07) is 0. The van der Waals surface area contributed by atoms with Crippen molar-refractivity contribution < 1.29 is 18.8 Å². The molecule has 3 N–H and O–H groups in total. The fourth-order valence-corrected chi connectivity index (χ4v) is 4.79. The lowest BCUT2D eigenvalue weighted by atomic mass is 10.7. The monoisotopic (exact) mass is 482 g/mol. The van der Waals surface area contributed by atoms with E-state index in [9.17, 15) is 4.57 Å². The van der Waals surface area contributed by atoms with Gasteiger partial charge in [-0.1, -0.05) is 0 Å². The number of hydrogen-bond acceptors (Lipinski definition) is 10. The lowest BCUT2D eigenvalue weighted by Gasteiger charge is -2.24. The first-order valence-electron chi connectivity index (χ1n) is 9.54. The first-order chi connectivity index (χ1) is 13.9. The number of hydrogen-bond donors (Lipinski definition) is 3. The SMILES string of the molecule is O=P(NC(=S)OCCN1CC1)(NC(=S)OCCN1CC1)NC(=S)OCCN1CC1. The maximum Gasteiger partial charge on any atom is 0.361 e. The molecule has 0 radical (unpaired) electrons. The van der Waals surface area contributed by atoms with Crippen LogP contribution in [0.15, 0.2) is 0 Å². The van der Waals surface area contributed by atoms with Crippen LogP contribution in [0.5, 0.6) is 0 Å². The molecule has 0 aromatic carbocycles. The molecule has 0 aliphatic carbocycles. The Balaban J connectivity index is 1.44. The van der Waals surface area contributed by atoms with Gasteiger partial charge in [0.25, 0.3) is 15.5 Å². The Morgan fingerprint density at radius 1 is 0.655 bits per heavy atom. The van der Waals surface area contributed by atoms with E-state index in [1.165, 1.54) is 0 Å². The van der Waals surface area contributed by atoms with Crippen molar-refractivity contribution in [1.82, 2.24) is 30.0 Å². The fraction of sp³-hybridized carbons (Fsp3) is 0.800. The smallest absolute Gasteiger partial charge is 0.361 e. The summed E-state index contributed by atoms with van der Waals surface area (Å²) in [5.41, 5.74) is 0. The summed E-state index contributed by atoms with van der Waals surface area (Å²) in [5.74, 6) is 0. The third-order valence-corrected chi connectivity index (χ3v) is 6.96. The van der Waals surface area contributed by atoms with E-state index < -0.39 is 7.59 Å². The number of nitrogens with one attached hydrogen (secondary N) is 3. The second-order valence-electron chi connectivity index (χ2n) is 6.88. The summed E-state index contributed by atoms with van der Waals surface area (Å²) in [6.07, 6.45) is 0. The van der Waals surface area contributed by atoms with Gasteiger partial charge >= 0.3 is 7.59 Å². The van der Waals surface area contributed by atoms with Crippen molar-refractivity contribution in [2.45, 2.75) is 0 Å². The van der Waals surface area contributed by atoms with E-state index in [1.807, 2.05) is 0 Å². The predicted octanol–water partition coefficient (Wildman–Crippen LogP) is -0.285. The van der Waals surface area contributed by atoms with E-state index in [2.05, 4.69) is 30.0 Å². The Morgan fingerprint density at radius 2 is 0.931 bits per heavy atom. The van der Waals surface area contributed by atoms with Crippen LogP contribution in [0.3, 0.4) is 0 Å². The standard InChI is InChI=1S/C15H27N6O4PS3/c22-26(16-13(27)23-10-7-19-1-2-19,17-14(28)24-11-8-20-3-4-20)18-15(29)25-12-9-21-5-6-21/h1-12H2,(H3,16,17,18,22,27,28,29). The van der Waals surface area contributed by atoms with Crippen LogP contribution in [-0.2, 0) is 18.8 Å². The van der Waals surface area contributed by atoms with Gasteiger partial charge in [0.05, 0.1) is 0 Å². The van der Waals surface area contributed by atoms with Gasteiger partial charge in [0, 0.05) is 58.9 Å². The molecule has 3 fully saturated rings. The average Bonchev–Trinajstić information content (AvgIpc) is 3.48. The molecule has 3 aliphatic rings. The molecule has 0 aromatic rings. The Labute approximate surface area is 187 Å². The molecule has 164 valence electrons. The summed E-state index contributed by atoms with van der Waals surface area (Å²) in [4.78, 5) is 6.57. The zero-order valence-electron chi connectivity index (χ0n) is 16.1. The molecule has 0 amide bonds. The lowest BCUT2D eigenvalue weighted by molar-refractivity contribution is 0.275. The molecule has 29 heavy (non-hydrogen) atoms. The van der Waals surface area contributed by atoms with Gasteiger partial charge in [0.2, 0.25) is 0 Å². The minimum Gasteiger partial charge on any atom is -0.469 e. The van der Waals surface area contributed by atoms with Crippen molar-refractivity contribution in [3.63, 3.8) is 0 Å². The third kappa shape index (κ3) is 10.2. The molecular weight excluding hydrogens is 455 g/mol. The zero-order chi connectivity index (χ0) is 20.7. The van der Waals surface area contributed by atoms with Crippen molar-refractivity contribution in [2.75, 3.05) is 78.7 Å². The Kier molecular flexibility index (Phi) is 8.66. The number of thiocarbonyl (C=S) groups is 3. The molecular formula is C15H27N6O4PS3. The Hall–Kier alpha value is -0.820. The van der Waals surface area contributed by atoms with Crippen LogP contribution in [0.2, 0.25) is 0 Å². The van der Waals surface area contributed by atoms with Crippen LogP contribution in [0.4, 0.5) is 0 Å². The van der Waals surface area contributed by atoms with Crippen LogP contribution < -0.4 is 15.3 Å². The molecule has 3 heterocycles. The van der Waals surface area contributed by atoms with E-state index in [4.69, 9.17) is 50.9 Å². The average molecular weight is 483 g/mol. The molecule has 0 spiro atoms. The predicted molar refractivity (Wildman–Crippen MR) is 122 cm³/mol. The van der Waals surface area contributed by atoms with Gasteiger partial charge in [-0.05, 0) is 36.7 Å². The summed E-state index contributed by atoms with van der Waals surface area (Å²) >= 11 is 15.5. The van der Waals surface area contributed by atoms with Gasteiger partial charge in [0.15, 0.2) is 0 Å². The highest BCUT2D eigenvalue weighted by Gasteiger charge is 2.28. The second kappa shape index (κ2) is 11.0. The van der Waals surface area contributed by atoms with Crippen molar-refractivity contribution in [2.24, 2.45) is 0 Å². The highest BCUT2D eigenvalue weighted by molar-refractivity contribution is 7.83. The van der Waals surface area contributed by atoms with Crippen molar-refractivity contribution in [3.05, 3.63) is 0 Å². The minimum absolute atomic E-state index is 0.0195. The first kappa shape index (κ1) is 22.9. The van der Waals surface area contributed by atoms with Crippen molar-refractivity contribution >= 4 is 59.8 Å². The Morgan fingerprint density at radius 3 is 1.17 bits per heavy atom. The third-order valence-electron chi connectivity index (χ3n) is 4.29. The summed E-state index contributed by atoms with van der Waals surface area (Å²) in [7, 11) is -3.62. The van der Waals surface area contributed by atoms with E-state index in [0.717, 1.165) is 58.9 Å². The molecule has 0 bridgehead atoms. The van der Waals surface area contributed by atoms with Crippen molar-refractivity contribution in [1.29, 1.82) is 0 Å². The fourth-order valence-electron chi connectivity index (χ4n) is 2.25. The maximum absolute atomic E-state index is 13.3. The Bertz CT molecular complexity index is 574.